The molecular weight excluding hydrogens is 312 g/mol. The second kappa shape index (κ2) is 7.99. The third kappa shape index (κ3) is 4.71. The van der Waals surface area contributed by atoms with Crippen molar-refractivity contribution in [1.29, 1.82) is 0 Å². The SMILES string of the molecule is Cc1ccc(C)c(NC(=O)c2ccccc2NCC(O)CCl)c1. The molecule has 1 unspecified atom stereocenters. The fourth-order valence-corrected chi connectivity index (χ4v) is 2.29. The molecular formula is C18H21ClN2O2. The first-order valence-electron chi connectivity index (χ1n) is 7.47. The molecule has 4 nitrogen and oxygen atoms in total. The number of amides is 1. The van der Waals surface area contributed by atoms with E-state index >= 15 is 0 Å². The average Bonchev–Trinajstić information content (AvgIpc) is 2.56. The Morgan fingerprint density at radius 2 is 1.91 bits per heavy atom. The van der Waals surface area contributed by atoms with Crippen LogP contribution in [0.25, 0.3) is 0 Å². The molecule has 0 aliphatic rings. The van der Waals surface area contributed by atoms with Crippen LogP contribution in [0, 0.1) is 13.8 Å². The maximum Gasteiger partial charge on any atom is 0.257 e. The number of benzene rings is 2. The van der Waals surface area contributed by atoms with Crippen molar-refractivity contribution in [2.75, 3.05) is 23.1 Å². The van der Waals surface area contributed by atoms with Crippen LogP contribution in [0.2, 0.25) is 0 Å². The molecule has 3 N–H and O–H groups in total. The number of aliphatic hydroxyl groups excluding tert-OH is 1. The predicted molar refractivity (Wildman–Crippen MR) is 95.5 cm³/mol. The quantitative estimate of drug-likeness (QED) is 0.709. The Morgan fingerprint density at radius 1 is 1.17 bits per heavy atom. The van der Waals surface area contributed by atoms with Gasteiger partial charge in [-0.3, -0.25) is 4.79 Å². The molecule has 0 aliphatic carbocycles. The molecule has 2 aromatic carbocycles. The fourth-order valence-electron chi connectivity index (χ4n) is 2.18. The topological polar surface area (TPSA) is 61.4 Å². The van der Waals surface area contributed by atoms with Gasteiger partial charge in [-0.05, 0) is 43.2 Å². The zero-order chi connectivity index (χ0) is 16.8. The van der Waals surface area contributed by atoms with Crippen molar-refractivity contribution in [2.45, 2.75) is 20.0 Å². The number of carbonyl (C=O) groups excluding carboxylic acids is 1. The minimum absolute atomic E-state index is 0.143. The van der Waals surface area contributed by atoms with Crippen LogP contribution in [0.3, 0.4) is 0 Å². The van der Waals surface area contributed by atoms with Crippen LogP contribution >= 0.6 is 11.6 Å². The van der Waals surface area contributed by atoms with E-state index in [4.69, 9.17) is 11.6 Å². The van der Waals surface area contributed by atoms with Crippen molar-refractivity contribution in [2.24, 2.45) is 0 Å². The second-order valence-corrected chi connectivity index (χ2v) is 5.82. The Bertz CT molecular complexity index is 688. The lowest BCUT2D eigenvalue weighted by Crippen LogP contribution is -2.22. The van der Waals surface area contributed by atoms with E-state index in [0.29, 0.717) is 11.3 Å². The molecule has 0 saturated heterocycles. The summed E-state index contributed by atoms with van der Waals surface area (Å²) in [5.41, 5.74) is 4.08. The van der Waals surface area contributed by atoms with Gasteiger partial charge in [0.05, 0.1) is 17.5 Å². The molecule has 2 aromatic rings. The summed E-state index contributed by atoms with van der Waals surface area (Å²) in [4.78, 5) is 12.6. The highest BCUT2D eigenvalue weighted by atomic mass is 35.5. The van der Waals surface area contributed by atoms with E-state index in [1.807, 2.05) is 38.1 Å². The van der Waals surface area contributed by atoms with Crippen molar-refractivity contribution in [3.05, 3.63) is 59.2 Å². The van der Waals surface area contributed by atoms with Crippen LogP contribution in [-0.2, 0) is 0 Å². The number of rotatable bonds is 6. The van der Waals surface area contributed by atoms with E-state index in [1.165, 1.54) is 0 Å². The van der Waals surface area contributed by atoms with Gasteiger partial charge in [0.2, 0.25) is 0 Å². The van der Waals surface area contributed by atoms with E-state index in [1.54, 1.807) is 18.2 Å². The third-order valence-electron chi connectivity index (χ3n) is 3.52. The molecule has 23 heavy (non-hydrogen) atoms. The first-order valence-corrected chi connectivity index (χ1v) is 8.00. The number of carbonyl (C=O) groups is 1. The number of hydrogen-bond donors (Lipinski definition) is 3. The van der Waals surface area contributed by atoms with Gasteiger partial charge in [-0.25, -0.2) is 0 Å². The van der Waals surface area contributed by atoms with E-state index < -0.39 is 6.10 Å². The van der Waals surface area contributed by atoms with Crippen molar-refractivity contribution in [1.82, 2.24) is 0 Å². The lowest BCUT2D eigenvalue weighted by atomic mass is 10.1. The summed E-state index contributed by atoms with van der Waals surface area (Å²) in [7, 11) is 0. The Kier molecular flexibility index (Phi) is 6.02. The van der Waals surface area contributed by atoms with Crippen LogP contribution in [0.4, 0.5) is 11.4 Å². The Balaban J connectivity index is 2.17. The fraction of sp³-hybridized carbons (Fsp3) is 0.278. The molecule has 122 valence electrons. The number of alkyl halides is 1. The second-order valence-electron chi connectivity index (χ2n) is 5.51. The van der Waals surface area contributed by atoms with Crippen molar-refractivity contribution in [3.63, 3.8) is 0 Å². The lowest BCUT2D eigenvalue weighted by Gasteiger charge is -2.15. The van der Waals surface area contributed by atoms with E-state index in [2.05, 4.69) is 10.6 Å². The van der Waals surface area contributed by atoms with Crippen molar-refractivity contribution in [3.8, 4) is 0 Å². The summed E-state index contributed by atoms with van der Waals surface area (Å²) >= 11 is 5.59. The highest BCUT2D eigenvalue weighted by Crippen LogP contribution is 2.20. The monoisotopic (exact) mass is 332 g/mol. The maximum atomic E-state index is 12.6. The number of nitrogens with one attached hydrogen (secondary N) is 2. The Labute approximate surface area is 141 Å². The van der Waals surface area contributed by atoms with Crippen LogP contribution in [0.1, 0.15) is 21.5 Å². The predicted octanol–water partition coefficient (Wildman–Crippen LogP) is 3.57. The van der Waals surface area contributed by atoms with Gasteiger partial charge in [-0.15, -0.1) is 11.6 Å². The molecule has 0 spiro atoms. The van der Waals surface area contributed by atoms with Crippen molar-refractivity contribution >= 4 is 28.9 Å². The number of para-hydroxylation sites is 1. The molecule has 0 bridgehead atoms. The molecule has 1 atom stereocenters. The summed E-state index contributed by atoms with van der Waals surface area (Å²) in [5, 5.41) is 15.6. The summed E-state index contributed by atoms with van der Waals surface area (Å²) in [5.74, 6) is -0.0497. The standard InChI is InChI=1S/C18H21ClN2O2/c1-12-7-8-13(2)17(9-12)21-18(23)15-5-3-4-6-16(15)20-11-14(22)10-19/h3-9,14,20,22H,10-11H2,1-2H3,(H,21,23). The van der Waals surface area contributed by atoms with Crippen LogP contribution in [-0.4, -0.2) is 29.5 Å². The number of anilines is 2. The molecule has 0 aromatic heterocycles. The maximum absolute atomic E-state index is 12.6. The molecule has 0 radical (unpaired) electrons. The third-order valence-corrected chi connectivity index (χ3v) is 3.88. The van der Waals surface area contributed by atoms with Gasteiger partial charge in [-0.1, -0.05) is 24.3 Å². The first kappa shape index (κ1) is 17.3. The van der Waals surface area contributed by atoms with Gasteiger partial charge in [0.15, 0.2) is 0 Å². The average molecular weight is 333 g/mol. The molecule has 5 heteroatoms. The van der Waals surface area contributed by atoms with Gasteiger partial charge >= 0.3 is 0 Å². The van der Waals surface area contributed by atoms with Gasteiger partial charge in [0, 0.05) is 17.9 Å². The van der Waals surface area contributed by atoms with E-state index in [0.717, 1.165) is 16.8 Å². The van der Waals surface area contributed by atoms with Gasteiger partial charge in [-0.2, -0.15) is 0 Å². The molecule has 1 amide bonds. The normalized spacial score (nSPS) is 11.8. The smallest absolute Gasteiger partial charge is 0.257 e. The number of aliphatic hydroxyl groups is 1. The van der Waals surface area contributed by atoms with Crippen LogP contribution in [0.15, 0.2) is 42.5 Å². The molecule has 2 rings (SSSR count). The highest BCUT2D eigenvalue weighted by molar-refractivity contribution is 6.18. The zero-order valence-electron chi connectivity index (χ0n) is 13.3. The lowest BCUT2D eigenvalue weighted by molar-refractivity contribution is 0.102. The largest absolute Gasteiger partial charge is 0.390 e. The minimum Gasteiger partial charge on any atom is -0.390 e. The Morgan fingerprint density at radius 3 is 2.65 bits per heavy atom. The van der Waals surface area contributed by atoms with E-state index in [9.17, 15) is 9.90 Å². The van der Waals surface area contributed by atoms with Gasteiger partial charge in [0.25, 0.3) is 5.91 Å². The summed E-state index contributed by atoms with van der Waals surface area (Å²) in [6, 6.07) is 13.1. The number of aryl methyl sites for hydroxylation is 2. The first-order chi connectivity index (χ1) is 11.0. The zero-order valence-corrected chi connectivity index (χ0v) is 14.0. The number of halogens is 1. The molecule has 0 saturated carbocycles. The molecule has 0 aliphatic heterocycles. The molecule has 0 fully saturated rings. The summed E-state index contributed by atoms with van der Waals surface area (Å²) in [6.45, 7) is 4.23. The van der Waals surface area contributed by atoms with Crippen LogP contribution in [0.5, 0.6) is 0 Å². The number of hydrogen-bond acceptors (Lipinski definition) is 3. The highest BCUT2D eigenvalue weighted by Gasteiger charge is 2.13. The van der Waals surface area contributed by atoms with Crippen molar-refractivity contribution < 1.29 is 9.90 Å². The van der Waals surface area contributed by atoms with Crippen LogP contribution < -0.4 is 10.6 Å². The van der Waals surface area contributed by atoms with Gasteiger partial charge in [0.1, 0.15) is 0 Å². The molecule has 0 heterocycles. The van der Waals surface area contributed by atoms with E-state index in [-0.39, 0.29) is 18.3 Å². The Hall–Kier alpha value is -2.04. The summed E-state index contributed by atoms with van der Waals surface area (Å²) < 4.78 is 0. The van der Waals surface area contributed by atoms with Gasteiger partial charge < -0.3 is 15.7 Å². The summed E-state index contributed by atoms with van der Waals surface area (Å²) in [6.07, 6.45) is -0.660. The minimum atomic E-state index is -0.660.